The third-order valence-electron chi connectivity index (χ3n) is 2.62. The number of hydrogen-bond acceptors (Lipinski definition) is 6. The molecular formula is C11H10N6O. The van der Waals surface area contributed by atoms with E-state index in [-0.39, 0.29) is 0 Å². The molecule has 0 bridgehead atoms. The zero-order chi connectivity index (χ0) is 12.5. The summed E-state index contributed by atoms with van der Waals surface area (Å²) in [6.07, 6.45) is 1.52. The maximum atomic E-state index is 5.98. The Balaban J connectivity index is 2.06. The van der Waals surface area contributed by atoms with E-state index in [0.29, 0.717) is 23.1 Å². The quantitative estimate of drug-likeness (QED) is 0.658. The molecule has 0 fully saturated rings. The maximum absolute atomic E-state index is 5.98. The minimum Gasteiger partial charge on any atom is -0.398 e. The van der Waals surface area contributed by atoms with Gasteiger partial charge < -0.3 is 10.3 Å². The number of benzene rings is 1. The monoisotopic (exact) mass is 242 g/mol. The van der Waals surface area contributed by atoms with Gasteiger partial charge in [-0.3, -0.25) is 0 Å². The van der Waals surface area contributed by atoms with Crippen LogP contribution in [0.1, 0.15) is 5.56 Å². The predicted octanol–water partition coefficient (Wildman–Crippen LogP) is 1.41. The maximum Gasteiger partial charge on any atom is 0.260 e. The zero-order valence-electron chi connectivity index (χ0n) is 9.58. The molecule has 0 radical (unpaired) electrons. The first-order valence-corrected chi connectivity index (χ1v) is 5.31. The highest BCUT2D eigenvalue weighted by Gasteiger charge is 2.14. The molecule has 3 rings (SSSR count). The van der Waals surface area contributed by atoms with Crippen molar-refractivity contribution in [2.45, 2.75) is 6.92 Å². The molecule has 0 atom stereocenters. The van der Waals surface area contributed by atoms with Crippen molar-refractivity contribution in [1.82, 2.24) is 25.6 Å². The first kappa shape index (κ1) is 10.5. The van der Waals surface area contributed by atoms with Gasteiger partial charge in [-0.25, -0.2) is 0 Å². The topological polar surface area (TPSA) is 107 Å². The number of H-pyrrole nitrogens is 1. The standard InChI is InChI=1S/C11H10N6O/c1-6-3-2-4-7(9(6)12)11-14-10(16-18-11)8-5-13-17-15-8/h2-5H,12H2,1H3,(H,13,15,17). The fourth-order valence-corrected chi connectivity index (χ4v) is 1.61. The van der Waals surface area contributed by atoms with E-state index in [0.717, 1.165) is 11.1 Å². The summed E-state index contributed by atoms with van der Waals surface area (Å²) in [5.74, 6) is 0.744. The van der Waals surface area contributed by atoms with Crippen LogP contribution >= 0.6 is 0 Å². The highest BCUT2D eigenvalue weighted by Crippen LogP contribution is 2.27. The van der Waals surface area contributed by atoms with Gasteiger partial charge in [-0.05, 0) is 18.6 Å². The highest BCUT2D eigenvalue weighted by atomic mass is 16.5. The molecule has 3 aromatic rings. The molecule has 18 heavy (non-hydrogen) atoms. The Morgan fingerprint density at radius 2 is 2.22 bits per heavy atom. The second-order valence-electron chi connectivity index (χ2n) is 3.81. The molecular weight excluding hydrogens is 232 g/mol. The number of hydrogen-bond donors (Lipinski definition) is 2. The van der Waals surface area contributed by atoms with E-state index in [1.54, 1.807) is 0 Å². The Bertz CT molecular complexity index is 673. The Morgan fingerprint density at radius 3 is 3.00 bits per heavy atom. The van der Waals surface area contributed by atoms with Gasteiger partial charge in [0.2, 0.25) is 5.82 Å². The summed E-state index contributed by atoms with van der Waals surface area (Å²) in [4.78, 5) is 4.24. The number of rotatable bonds is 2. The smallest absolute Gasteiger partial charge is 0.260 e. The molecule has 2 aromatic heterocycles. The number of aryl methyl sites for hydroxylation is 1. The van der Waals surface area contributed by atoms with Crippen LogP contribution in [-0.4, -0.2) is 25.6 Å². The van der Waals surface area contributed by atoms with E-state index in [1.807, 2.05) is 25.1 Å². The van der Waals surface area contributed by atoms with Crippen molar-refractivity contribution in [3.8, 4) is 23.0 Å². The average Bonchev–Trinajstić information content (AvgIpc) is 3.01. The Kier molecular flexibility index (Phi) is 2.30. The molecule has 0 amide bonds. The second-order valence-corrected chi connectivity index (χ2v) is 3.81. The van der Waals surface area contributed by atoms with E-state index >= 15 is 0 Å². The predicted molar refractivity (Wildman–Crippen MR) is 64.3 cm³/mol. The second kappa shape index (κ2) is 3.95. The van der Waals surface area contributed by atoms with Crippen molar-refractivity contribution >= 4 is 5.69 Å². The lowest BCUT2D eigenvalue weighted by Gasteiger charge is -2.02. The van der Waals surface area contributed by atoms with Gasteiger partial charge >= 0.3 is 0 Å². The van der Waals surface area contributed by atoms with Gasteiger partial charge in [-0.1, -0.05) is 17.3 Å². The molecule has 0 spiro atoms. The number of nitrogens with zero attached hydrogens (tertiary/aromatic N) is 4. The van der Waals surface area contributed by atoms with Gasteiger partial charge in [0.25, 0.3) is 5.89 Å². The van der Waals surface area contributed by atoms with E-state index in [4.69, 9.17) is 10.3 Å². The first-order valence-electron chi connectivity index (χ1n) is 5.31. The Hall–Kier alpha value is -2.70. The molecule has 7 heteroatoms. The van der Waals surface area contributed by atoms with Crippen LogP contribution < -0.4 is 5.73 Å². The molecule has 0 saturated carbocycles. The molecule has 0 aliphatic rings. The van der Waals surface area contributed by atoms with Crippen LogP contribution in [0.25, 0.3) is 23.0 Å². The van der Waals surface area contributed by atoms with Crippen molar-refractivity contribution in [3.05, 3.63) is 30.0 Å². The molecule has 0 unspecified atom stereocenters. The van der Waals surface area contributed by atoms with Gasteiger partial charge in [0.1, 0.15) is 0 Å². The van der Waals surface area contributed by atoms with E-state index in [1.165, 1.54) is 6.20 Å². The Morgan fingerprint density at radius 1 is 1.33 bits per heavy atom. The lowest BCUT2D eigenvalue weighted by molar-refractivity contribution is 0.432. The molecule has 3 N–H and O–H groups in total. The van der Waals surface area contributed by atoms with Gasteiger partial charge in [0.05, 0.1) is 11.8 Å². The first-order chi connectivity index (χ1) is 8.75. The molecule has 0 aliphatic heterocycles. The Labute approximate surface area is 102 Å². The molecule has 1 aromatic carbocycles. The number of para-hydroxylation sites is 1. The number of anilines is 1. The summed E-state index contributed by atoms with van der Waals surface area (Å²) in [6.45, 7) is 1.92. The number of aromatic nitrogens is 5. The lowest BCUT2D eigenvalue weighted by atomic mass is 10.1. The summed E-state index contributed by atoms with van der Waals surface area (Å²) in [7, 11) is 0. The van der Waals surface area contributed by atoms with Crippen molar-refractivity contribution < 1.29 is 4.52 Å². The molecule has 0 saturated heterocycles. The minimum atomic E-state index is 0.370. The third kappa shape index (κ3) is 1.61. The van der Waals surface area contributed by atoms with E-state index in [9.17, 15) is 0 Å². The van der Waals surface area contributed by atoms with E-state index < -0.39 is 0 Å². The van der Waals surface area contributed by atoms with E-state index in [2.05, 4.69) is 25.6 Å². The SMILES string of the molecule is Cc1cccc(-c2nc(-c3cn[nH]n3)no2)c1N. The lowest BCUT2D eigenvalue weighted by Crippen LogP contribution is -1.93. The summed E-state index contributed by atoms with van der Waals surface area (Å²) in [5, 5.41) is 13.9. The summed E-state index contributed by atoms with van der Waals surface area (Å²) in [6, 6.07) is 5.65. The summed E-state index contributed by atoms with van der Waals surface area (Å²) in [5.41, 5.74) is 8.82. The molecule has 0 aliphatic carbocycles. The minimum absolute atomic E-state index is 0.370. The van der Waals surface area contributed by atoms with Crippen LogP contribution in [0.3, 0.4) is 0 Å². The van der Waals surface area contributed by atoms with Crippen LogP contribution in [0.15, 0.2) is 28.9 Å². The highest BCUT2D eigenvalue weighted by molar-refractivity contribution is 5.73. The van der Waals surface area contributed by atoms with Crippen molar-refractivity contribution in [1.29, 1.82) is 0 Å². The van der Waals surface area contributed by atoms with Crippen LogP contribution in [-0.2, 0) is 0 Å². The fraction of sp³-hybridized carbons (Fsp3) is 0.0909. The molecule has 7 nitrogen and oxygen atoms in total. The number of nitrogen functional groups attached to an aromatic ring is 1. The number of nitrogens with one attached hydrogen (secondary N) is 1. The normalized spacial score (nSPS) is 10.7. The van der Waals surface area contributed by atoms with Crippen LogP contribution in [0, 0.1) is 6.92 Å². The van der Waals surface area contributed by atoms with Crippen molar-refractivity contribution in [2.75, 3.05) is 5.73 Å². The van der Waals surface area contributed by atoms with Crippen LogP contribution in [0.4, 0.5) is 5.69 Å². The van der Waals surface area contributed by atoms with Gasteiger partial charge in [0, 0.05) is 5.69 Å². The van der Waals surface area contributed by atoms with Gasteiger partial charge in [0.15, 0.2) is 5.69 Å². The molecule has 90 valence electrons. The fourth-order valence-electron chi connectivity index (χ4n) is 1.61. The average molecular weight is 242 g/mol. The summed E-state index contributed by atoms with van der Waals surface area (Å²) >= 11 is 0. The van der Waals surface area contributed by atoms with Gasteiger partial charge in [-0.15, -0.1) is 0 Å². The number of aromatic amines is 1. The number of nitrogens with two attached hydrogens (primary N) is 1. The van der Waals surface area contributed by atoms with Crippen LogP contribution in [0.5, 0.6) is 0 Å². The summed E-state index contributed by atoms with van der Waals surface area (Å²) < 4.78 is 5.19. The largest absolute Gasteiger partial charge is 0.398 e. The van der Waals surface area contributed by atoms with Crippen LogP contribution in [0.2, 0.25) is 0 Å². The molecule has 2 heterocycles. The van der Waals surface area contributed by atoms with Crippen molar-refractivity contribution in [3.63, 3.8) is 0 Å². The third-order valence-corrected chi connectivity index (χ3v) is 2.62. The van der Waals surface area contributed by atoms with Crippen molar-refractivity contribution in [2.24, 2.45) is 0 Å². The van der Waals surface area contributed by atoms with Gasteiger partial charge in [-0.2, -0.15) is 20.4 Å². The zero-order valence-corrected chi connectivity index (χ0v) is 9.58.